The minimum atomic E-state index is -4.49. The highest BCUT2D eigenvalue weighted by Gasteiger charge is 2.52. The summed E-state index contributed by atoms with van der Waals surface area (Å²) in [5.74, 6) is 0. The highest BCUT2D eigenvalue weighted by atomic mass is 19.4. The first-order valence-corrected chi connectivity index (χ1v) is 6.78. The number of fused-ring (bicyclic) bond motifs is 1. The zero-order valence-electron chi connectivity index (χ0n) is 12.6. The molecule has 3 rings (SSSR count). The number of hydrogen-bond donors (Lipinski definition) is 0. The molecule has 0 amide bonds. The smallest absolute Gasteiger partial charge is 0.399 e. The van der Waals surface area contributed by atoms with Crippen LogP contribution in [0, 0.1) is 0 Å². The van der Waals surface area contributed by atoms with Gasteiger partial charge in [0.05, 0.1) is 11.2 Å². The van der Waals surface area contributed by atoms with Crippen molar-refractivity contribution in [2.24, 2.45) is 0 Å². The number of hydrogen-bond acceptors (Lipinski definition) is 4. The number of aromatic nitrogens is 3. The van der Waals surface area contributed by atoms with Crippen molar-refractivity contribution in [2.75, 3.05) is 0 Å². The Bertz CT molecular complexity index is 711. The molecule has 2 aromatic heterocycles. The largest absolute Gasteiger partial charge is 0.498 e. The van der Waals surface area contributed by atoms with E-state index in [0.717, 1.165) is 16.8 Å². The molecule has 0 aromatic carbocycles. The monoisotopic (exact) mass is 313 g/mol. The Morgan fingerprint density at radius 2 is 1.68 bits per heavy atom. The molecule has 2 aromatic rings. The molecule has 0 unspecified atom stereocenters. The molecule has 0 aliphatic carbocycles. The van der Waals surface area contributed by atoms with E-state index in [2.05, 4.69) is 10.2 Å². The van der Waals surface area contributed by atoms with Crippen LogP contribution >= 0.6 is 0 Å². The maximum absolute atomic E-state index is 13.0. The van der Waals surface area contributed by atoms with Crippen LogP contribution in [-0.2, 0) is 15.5 Å². The van der Waals surface area contributed by atoms with E-state index in [-0.39, 0.29) is 5.65 Å². The van der Waals surface area contributed by atoms with Crippen LogP contribution in [0.3, 0.4) is 0 Å². The second kappa shape index (κ2) is 4.45. The Hall–Kier alpha value is -1.61. The lowest BCUT2D eigenvalue weighted by Crippen LogP contribution is -2.41. The van der Waals surface area contributed by atoms with E-state index in [9.17, 15) is 13.2 Å². The molecule has 3 heterocycles. The van der Waals surface area contributed by atoms with Gasteiger partial charge in [0.2, 0.25) is 0 Å². The molecule has 5 nitrogen and oxygen atoms in total. The quantitative estimate of drug-likeness (QED) is 0.756. The van der Waals surface area contributed by atoms with Crippen LogP contribution in [0.1, 0.15) is 33.4 Å². The minimum absolute atomic E-state index is 0.0772. The molecule has 0 bridgehead atoms. The fourth-order valence-corrected chi connectivity index (χ4v) is 2.32. The molecule has 0 saturated carbocycles. The van der Waals surface area contributed by atoms with E-state index in [1.54, 1.807) is 0 Å². The second-order valence-electron chi connectivity index (χ2n) is 6.28. The van der Waals surface area contributed by atoms with Crippen LogP contribution in [-0.4, -0.2) is 32.9 Å². The summed E-state index contributed by atoms with van der Waals surface area (Å²) >= 11 is 0. The first kappa shape index (κ1) is 15.3. The van der Waals surface area contributed by atoms with Gasteiger partial charge in [0.15, 0.2) is 5.65 Å². The van der Waals surface area contributed by atoms with Crippen LogP contribution in [0.25, 0.3) is 5.65 Å². The van der Waals surface area contributed by atoms with E-state index < -0.39 is 30.2 Å². The van der Waals surface area contributed by atoms with Gasteiger partial charge in [-0.05, 0) is 33.8 Å². The van der Waals surface area contributed by atoms with Crippen LogP contribution < -0.4 is 5.46 Å². The Balaban J connectivity index is 2.10. The molecule has 0 N–H and O–H groups in total. The maximum atomic E-state index is 13.0. The lowest BCUT2D eigenvalue weighted by atomic mass is 9.79. The predicted molar refractivity (Wildman–Crippen MR) is 73.7 cm³/mol. The first-order valence-electron chi connectivity index (χ1n) is 6.78. The predicted octanol–water partition coefficient (Wildman–Crippen LogP) is 2.05. The first-order chi connectivity index (χ1) is 10.0. The van der Waals surface area contributed by atoms with Crippen molar-refractivity contribution < 1.29 is 22.5 Å². The third kappa shape index (κ3) is 2.19. The molecule has 22 heavy (non-hydrogen) atoms. The molecule has 9 heteroatoms. The third-order valence-corrected chi connectivity index (χ3v) is 4.28. The number of alkyl halides is 3. The summed E-state index contributed by atoms with van der Waals surface area (Å²) < 4.78 is 51.7. The summed E-state index contributed by atoms with van der Waals surface area (Å²) in [5, 5.41) is 7.37. The number of rotatable bonds is 1. The van der Waals surface area contributed by atoms with E-state index >= 15 is 0 Å². The Morgan fingerprint density at radius 1 is 1.09 bits per heavy atom. The van der Waals surface area contributed by atoms with Crippen molar-refractivity contribution in [3.05, 3.63) is 24.2 Å². The molecule has 1 aliphatic heterocycles. The minimum Gasteiger partial charge on any atom is -0.399 e. The van der Waals surface area contributed by atoms with Gasteiger partial charge in [-0.3, -0.25) is 4.40 Å². The van der Waals surface area contributed by atoms with E-state index in [1.807, 2.05) is 27.7 Å². The average Bonchev–Trinajstić information content (AvgIpc) is 2.90. The fourth-order valence-electron chi connectivity index (χ4n) is 2.32. The normalized spacial score (nSPS) is 20.8. The maximum Gasteiger partial charge on any atom is 0.498 e. The van der Waals surface area contributed by atoms with Gasteiger partial charge in [-0.15, -0.1) is 10.2 Å². The average molecular weight is 313 g/mol. The van der Waals surface area contributed by atoms with Gasteiger partial charge in [0.25, 0.3) is 0 Å². The lowest BCUT2D eigenvalue weighted by Gasteiger charge is -2.32. The standard InChI is InChI=1S/C13H15BF3N3O2/c1-11(2)12(3,4)22-14(21-11)8-5-6-9(13(15,16)17)20-7-18-19-10(8)20/h5-7H,1-4H3. The van der Waals surface area contributed by atoms with Gasteiger partial charge in [-0.2, -0.15) is 13.2 Å². The van der Waals surface area contributed by atoms with Crippen molar-refractivity contribution in [1.82, 2.24) is 14.6 Å². The Labute approximate surface area is 125 Å². The summed E-state index contributed by atoms with van der Waals surface area (Å²) in [6, 6.07) is 2.31. The number of nitrogens with zero attached hydrogens (tertiary/aromatic N) is 3. The second-order valence-corrected chi connectivity index (χ2v) is 6.28. The van der Waals surface area contributed by atoms with Gasteiger partial charge in [-0.1, -0.05) is 6.07 Å². The van der Waals surface area contributed by atoms with Crippen LogP contribution in [0.15, 0.2) is 18.5 Å². The number of pyridine rings is 1. The lowest BCUT2D eigenvalue weighted by molar-refractivity contribution is -0.142. The van der Waals surface area contributed by atoms with Crippen LogP contribution in [0.4, 0.5) is 13.2 Å². The highest BCUT2D eigenvalue weighted by molar-refractivity contribution is 6.64. The van der Waals surface area contributed by atoms with Crippen molar-refractivity contribution in [3.63, 3.8) is 0 Å². The summed E-state index contributed by atoms with van der Waals surface area (Å²) in [6.07, 6.45) is -3.46. The number of halogens is 3. The van der Waals surface area contributed by atoms with E-state index in [4.69, 9.17) is 9.31 Å². The zero-order valence-corrected chi connectivity index (χ0v) is 12.6. The molecule has 0 atom stereocenters. The molecule has 118 valence electrons. The molecular weight excluding hydrogens is 298 g/mol. The van der Waals surface area contributed by atoms with Crippen LogP contribution in [0.2, 0.25) is 0 Å². The summed E-state index contributed by atoms with van der Waals surface area (Å²) in [7, 11) is -0.793. The van der Waals surface area contributed by atoms with Gasteiger partial charge in [0.1, 0.15) is 12.0 Å². The summed E-state index contributed by atoms with van der Waals surface area (Å²) in [5.41, 5.74) is -1.51. The third-order valence-electron chi connectivity index (χ3n) is 4.28. The van der Waals surface area contributed by atoms with Gasteiger partial charge in [0, 0.05) is 5.46 Å². The topological polar surface area (TPSA) is 48.7 Å². The Kier molecular flexibility index (Phi) is 3.10. The zero-order chi connectivity index (χ0) is 16.3. The van der Waals surface area contributed by atoms with Gasteiger partial charge < -0.3 is 9.31 Å². The van der Waals surface area contributed by atoms with Crippen molar-refractivity contribution >= 4 is 18.2 Å². The SMILES string of the molecule is CC1(C)OB(c2ccc(C(F)(F)F)n3cnnc23)OC1(C)C. The van der Waals surface area contributed by atoms with E-state index in [0.29, 0.717) is 5.46 Å². The summed E-state index contributed by atoms with van der Waals surface area (Å²) in [6.45, 7) is 7.49. The molecule has 0 radical (unpaired) electrons. The Morgan fingerprint density at radius 3 is 2.23 bits per heavy atom. The van der Waals surface area contributed by atoms with Crippen LogP contribution in [0.5, 0.6) is 0 Å². The molecule has 1 fully saturated rings. The van der Waals surface area contributed by atoms with E-state index in [1.165, 1.54) is 6.07 Å². The fraction of sp³-hybridized carbons (Fsp3) is 0.538. The van der Waals surface area contributed by atoms with Crippen molar-refractivity contribution in [3.8, 4) is 0 Å². The van der Waals surface area contributed by atoms with Crippen molar-refractivity contribution in [1.29, 1.82) is 0 Å². The van der Waals surface area contributed by atoms with Gasteiger partial charge >= 0.3 is 13.3 Å². The van der Waals surface area contributed by atoms with Crippen molar-refractivity contribution in [2.45, 2.75) is 45.1 Å². The highest BCUT2D eigenvalue weighted by Crippen LogP contribution is 2.37. The molecule has 1 saturated heterocycles. The molecule has 0 spiro atoms. The molecule has 1 aliphatic rings. The van der Waals surface area contributed by atoms with Gasteiger partial charge in [-0.25, -0.2) is 0 Å². The molecular formula is C13H15BF3N3O2. The summed E-state index contributed by atoms with van der Waals surface area (Å²) in [4.78, 5) is 0.